The van der Waals surface area contributed by atoms with Crippen LogP contribution in [0.25, 0.3) is 0 Å². The number of anilines is 1. The Balaban J connectivity index is 2.21. The van der Waals surface area contributed by atoms with Crippen LogP contribution in [0.2, 0.25) is 0 Å². The average molecular weight is 274 g/mol. The molecule has 106 valence electrons. The molecule has 1 N–H and O–H groups in total. The number of nitrogens with one attached hydrogen (secondary N) is 1. The Labute approximate surface area is 118 Å². The first-order valence-corrected chi connectivity index (χ1v) is 6.58. The second kappa shape index (κ2) is 6.23. The van der Waals surface area contributed by atoms with Gasteiger partial charge in [-0.15, -0.1) is 0 Å². The molecular formula is C15H18N2O3. The number of benzene rings is 1. The molecule has 0 spiro atoms. The standard InChI is InChI=1S/C15H18N2O3/c1-3-20-15(19)13-9-17(11(2)18)10-14(13)16-12-7-5-4-6-8-12/h4-8,16H,3,9-10H2,1-2H3. The van der Waals surface area contributed by atoms with Crippen LogP contribution in [0.4, 0.5) is 5.69 Å². The number of carbonyl (C=O) groups is 2. The van der Waals surface area contributed by atoms with Gasteiger partial charge in [0, 0.05) is 18.3 Å². The van der Waals surface area contributed by atoms with Crippen LogP contribution in [0.5, 0.6) is 0 Å². The van der Waals surface area contributed by atoms with Gasteiger partial charge in [0.1, 0.15) is 0 Å². The maximum atomic E-state index is 12.0. The molecular weight excluding hydrogens is 256 g/mol. The van der Waals surface area contributed by atoms with Crippen molar-refractivity contribution in [3.05, 3.63) is 41.6 Å². The van der Waals surface area contributed by atoms with Crippen molar-refractivity contribution in [1.82, 2.24) is 4.90 Å². The molecule has 5 nitrogen and oxygen atoms in total. The Kier molecular flexibility index (Phi) is 4.40. The van der Waals surface area contributed by atoms with Crippen molar-refractivity contribution in [3.8, 4) is 0 Å². The quantitative estimate of drug-likeness (QED) is 0.850. The summed E-state index contributed by atoms with van der Waals surface area (Å²) in [6.45, 7) is 4.28. The van der Waals surface area contributed by atoms with Crippen molar-refractivity contribution >= 4 is 17.6 Å². The zero-order valence-corrected chi connectivity index (χ0v) is 11.7. The molecule has 1 aromatic rings. The summed E-state index contributed by atoms with van der Waals surface area (Å²) < 4.78 is 5.05. The minimum atomic E-state index is -0.366. The van der Waals surface area contributed by atoms with E-state index in [2.05, 4.69) is 5.32 Å². The van der Waals surface area contributed by atoms with Gasteiger partial charge in [0.15, 0.2) is 0 Å². The molecule has 5 heteroatoms. The predicted octanol–water partition coefficient (Wildman–Crippen LogP) is 1.78. The third-order valence-electron chi connectivity index (χ3n) is 3.10. The molecule has 0 fully saturated rings. The van der Waals surface area contributed by atoms with E-state index in [1.807, 2.05) is 30.3 Å². The van der Waals surface area contributed by atoms with Crippen LogP contribution in [0, 0.1) is 0 Å². The fourth-order valence-corrected chi connectivity index (χ4v) is 2.07. The molecule has 1 aliphatic heterocycles. The molecule has 0 atom stereocenters. The molecule has 0 saturated heterocycles. The smallest absolute Gasteiger partial charge is 0.337 e. The van der Waals surface area contributed by atoms with Gasteiger partial charge in [-0.3, -0.25) is 4.79 Å². The van der Waals surface area contributed by atoms with Gasteiger partial charge in [-0.1, -0.05) is 18.2 Å². The molecule has 0 unspecified atom stereocenters. The summed E-state index contributed by atoms with van der Waals surface area (Å²) in [7, 11) is 0. The molecule has 1 aliphatic rings. The first-order valence-electron chi connectivity index (χ1n) is 6.58. The van der Waals surface area contributed by atoms with Crippen molar-refractivity contribution < 1.29 is 14.3 Å². The van der Waals surface area contributed by atoms with E-state index in [0.29, 0.717) is 25.3 Å². The summed E-state index contributed by atoms with van der Waals surface area (Å²) in [5.74, 6) is -0.425. The third-order valence-corrected chi connectivity index (χ3v) is 3.10. The lowest BCUT2D eigenvalue weighted by Crippen LogP contribution is -2.28. The molecule has 0 saturated carbocycles. The highest BCUT2D eigenvalue weighted by molar-refractivity contribution is 5.93. The monoisotopic (exact) mass is 274 g/mol. The van der Waals surface area contributed by atoms with Crippen LogP contribution >= 0.6 is 0 Å². The second-order valence-corrected chi connectivity index (χ2v) is 4.54. The van der Waals surface area contributed by atoms with Gasteiger partial charge in [-0.05, 0) is 19.1 Å². The predicted molar refractivity (Wildman–Crippen MR) is 76.0 cm³/mol. The van der Waals surface area contributed by atoms with Gasteiger partial charge < -0.3 is 15.0 Å². The van der Waals surface area contributed by atoms with Crippen LogP contribution in [-0.2, 0) is 14.3 Å². The number of carbonyl (C=O) groups excluding carboxylic acids is 2. The summed E-state index contributed by atoms with van der Waals surface area (Å²) in [5, 5.41) is 3.20. The molecule has 20 heavy (non-hydrogen) atoms. The first-order chi connectivity index (χ1) is 9.61. The van der Waals surface area contributed by atoms with Crippen LogP contribution in [0.3, 0.4) is 0 Å². The fourth-order valence-electron chi connectivity index (χ4n) is 2.07. The largest absolute Gasteiger partial charge is 0.463 e. The molecule has 2 rings (SSSR count). The van der Waals surface area contributed by atoms with Gasteiger partial charge in [-0.25, -0.2) is 4.79 Å². The summed E-state index contributed by atoms with van der Waals surface area (Å²) in [4.78, 5) is 25.1. The maximum Gasteiger partial charge on any atom is 0.337 e. The number of hydrogen-bond acceptors (Lipinski definition) is 4. The second-order valence-electron chi connectivity index (χ2n) is 4.54. The van der Waals surface area contributed by atoms with Crippen molar-refractivity contribution in [3.63, 3.8) is 0 Å². The van der Waals surface area contributed by atoms with E-state index in [9.17, 15) is 9.59 Å². The van der Waals surface area contributed by atoms with Gasteiger partial charge in [0.25, 0.3) is 0 Å². The topological polar surface area (TPSA) is 58.6 Å². The summed E-state index contributed by atoms with van der Waals surface area (Å²) in [6, 6.07) is 9.55. The van der Waals surface area contributed by atoms with E-state index in [0.717, 1.165) is 11.4 Å². The number of para-hydroxylation sites is 1. The molecule has 0 bridgehead atoms. The van der Waals surface area contributed by atoms with Crippen molar-refractivity contribution in [1.29, 1.82) is 0 Å². The van der Waals surface area contributed by atoms with Crippen LogP contribution in [0.1, 0.15) is 13.8 Å². The lowest BCUT2D eigenvalue weighted by molar-refractivity contribution is -0.138. The molecule has 1 heterocycles. The number of hydrogen-bond donors (Lipinski definition) is 1. The highest BCUT2D eigenvalue weighted by atomic mass is 16.5. The molecule has 0 aliphatic carbocycles. The van der Waals surface area contributed by atoms with Crippen molar-refractivity contribution in [2.45, 2.75) is 13.8 Å². The zero-order chi connectivity index (χ0) is 14.5. The van der Waals surface area contributed by atoms with Crippen molar-refractivity contribution in [2.24, 2.45) is 0 Å². The molecule has 0 aromatic heterocycles. The molecule has 1 aromatic carbocycles. The lowest BCUT2D eigenvalue weighted by atomic mass is 10.2. The average Bonchev–Trinajstić information content (AvgIpc) is 2.84. The normalized spacial score (nSPS) is 14.4. The fraction of sp³-hybridized carbons (Fsp3) is 0.333. The van der Waals surface area contributed by atoms with E-state index in [-0.39, 0.29) is 11.9 Å². The third kappa shape index (κ3) is 3.17. The van der Waals surface area contributed by atoms with E-state index in [1.165, 1.54) is 6.92 Å². The Hall–Kier alpha value is -2.30. The number of ether oxygens (including phenoxy) is 1. The van der Waals surface area contributed by atoms with Crippen molar-refractivity contribution in [2.75, 3.05) is 25.0 Å². The van der Waals surface area contributed by atoms with Gasteiger partial charge in [-0.2, -0.15) is 0 Å². The Morgan fingerprint density at radius 3 is 2.55 bits per heavy atom. The van der Waals surface area contributed by atoms with Crippen LogP contribution in [0.15, 0.2) is 41.6 Å². The number of nitrogens with zero attached hydrogens (tertiary/aromatic N) is 1. The van der Waals surface area contributed by atoms with Crippen LogP contribution < -0.4 is 5.32 Å². The molecule has 1 amide bonds. The maximum absolute atomic E-state index is 12.0. The van der Waals surface area contributed by atoms with E-state index < -0.39 is 0 Å². The SMILES string of the molecule is CCOC(=O)C1=C(Nc2ccccc2)CN(C(C)=O)C1. The van der Waals surface area contributed by atoms with Gasteiger partial charge in [0.05, 0.1) is 25.3 Å². The number of rotatable bonds is 4. The summed E-state index contributed by atoms with van der Waals surface area (Å²) >= 11 is 0. The minimum absolute atomic E-state index is 0.0586. The van der Waals surface area contributed by atoms with E-state index >= 15 is 0 Å². The van der Waals surface area contributed by atoms with E-state index in [4.69, 9.17) is 4.74 Å². The van der Waals surface area contributed by atoms with Crippen LogP contribution in [-0.4, -0.2) is 36.5 Å². The van der Waals surface area contributed by atoms with Gasteiger partial charge >= 0.3 is 5.97 Å². The number of esters is 1. The first kappa shape index (κ1) is 14.1. The lowest BCUT2D eigenvalue weighted by Gasteiger charge is -2.13. The Morgan fingerprint density at radius 1 is 1.25 bits per heavy atom. The van der Waals surface area contributed by atoms with E-state index in [1.54, 1.807) is 11.8 Å². The molecule has 0 radical (unpaired) electrons. The Morgan fingerprint density at radius 2 is 1.95 bits per heavy atom. The summed E-state index contributed by atoms with van der Waals surface area (Å²) in [5.41, 5.74) is 2.13. The number of amides is 1. The Bertz CT molecular complexity index is 537. The minimum Gasteiger partial charge on any atom is -0.463 e. The van der Waals surface area contributed by atoms with Gasteiger partial charge in [0.2, 0.25) is 5.91 Å². The highest BCUT2D eigenvalue weighted by Crippen LogP contribution is 2.21. The summed E-state index contributed by atoms with van der Waals surface area (Å²) in [6.07, 6.45) is 0. The zero-order valence-electron chi connectivity index (χ0n) is 11.7. The highest BCUT2D eigenvalue weighted by Gasteiger charge is 2.29.